The van der Waals surface area contributed by atoms with Gasteiger partial charge in [-0.2, -0.15) is 12.7 Å². The van der Waals surface area contributed by atoms with E-state index in [1.165, 1.54) is 4.31 Å². The van der Waals surface area contributed by atoms with E-state index in [-0.39, 0.29) is 24.7 Å². The Morgan fingerprint density at radius 3 is 2.47 bits per heavy atom. The summed E-state index contributed by atoms with van der Waals surface area (Å²) >= 11 is 0. The Balaban J connectivity index is 2.38. The second kappa shape index (κ2) is 7.54. The first kappa shape index (κ1) is 16.8. The molecule has 0 bridgehead atoms. The minimum Gasteiger partial charge on any atom is -0.396 e. The van der Waals surface area contributed by atoms with E-state index in [4.69, 9.17) is 9.84 Å². The molecule has 0 radical (unpaired) electrons. The lowest BCUT2D eigenvalue weighted by molar-refractivity contribution is -0.0443. The Hall–Kier alpha value is -0.210. The van der Waals surface area contributed by atoms with Crippen molar-refractivity contribution in [2.45, 2.75) is 45.8 Å². The van der Waals surface area contributed by atoms with Crippen LogP contribution >= 0.6 is 0 Å². The van der Waals surface area contributed by atoms with Crippen LogP contribution < -0.4 is 4.72 Å². The molecule has 0 aromatic heterocycles. The zero-order valence-corrected chi connectivity index (χ0v) is 12.8. The van der Waals surface area contributed by atoms with Crippen LogP contribution in [0.5, 0.6) is 0 Å². The summed E-state index contributed by atoms with van der Waals surface area (Å²) < 4.78 is 33.8. The molecule has 1 aliphatic heterocycles. The third-order valence-electron chi connectivity index (χ3n) is 3.20. The third-order valence-corrected chi connectivity index (χ3v) is 4.74. The van der Waals surface area contributed by atoms with Crippen LogP contribution in [-0.4, -0.2) is 56.3 Å². The molecule has 19 heavy (non-hydrogen) atoms. The Morgan fingerprint density at radius 2 is 1.95 bits per heavy atom. The van der Waals surface area contributed by atoms with Crippen LogP contribution in [0, 0.1) is 5.92 Å². The van der Waals surface area contributed by atoms with Gasteiger partial charge in [-0.1, -0.05) is 6.92 Å². The summed E-state index contributed by atoms with van der Waals surface area (Å²) in [6, 6.07) is 0. The number of rotatable bonds is 7. The van der Waals surface area contributed by atoms with Crippen LogP contribution in [0.1, 0.15) is 33.6 Å². The van der Waals surface area contributed by atoms with Crippen molar-refractivity contribution < 1.29 is 18.3 Å². The van der Waals surface area contributed by atoms with Crippen molar-refractivity contribution in [3.05, 3.63) is 0 Å². The highest BCUT2D eigenvalue weighted by molar-refractivity contribution is 7.87. The molecular weight excluding hydrogens is 268 g/mol. The van der Waals surface area contributed by atoms with Gasteiger partial charge in [0, 0.05) is 26.2 Å². The lowest BCUT2D eigenvalue weighted by Crippen LogP contribution is -2.52. The number of hydrogen-bond donors (Lipinski definition) is 2. The predicted molar refractivity (Wildman–Crippen MR) is 74.0 cm³/mol. The fourth-order valence-electron chi connectivity index (χ4n) is 2.16. The number of aliphatic hydroxyl groups excluding tert-OH is 1. The van der Waals surface area contributed by atoms with Crippen LogP contribution in [0.15, 0.2) is 0 Å². The third kappa shape index (κ3) is 5.74. The summed E-state index contributed by atoms with van der Waals surface area (Å²) in [7, 11) is -3.41. The Kier molecular flexibility index (Phi) is 6.68. The summed E-state index contributed by atoms with van der Waals surface area (Å²) in [6.07, 6.45) is 1.40. The molecule has 1 rings (SSSR count). The zero-order chi connectivity index (χ0) is 14.5. The maximum Gasteiger partial charge on any atom is 0.279 e. The molecule has 0 spiro atoms. The van der Waals surface area contributed by atoms with E-state index >= 15 is 0 Å². The highest BCUT2D eigenvalue weighted by atomic mass is 32.2. The molecule has 0 aromatic rings. The zero-order valence-electron chi connectivity index (χ0n) is 12.0. The van der Waals surface area contributed by atoms with Gasteiger partial charge in [0.05, 0.1) is 12.2 Å². The van der Waals surface area contributed by atoms with Gasteiger partial charge >= 0.3 is 0 Å². The Morgan fingerprint density at radius 1 is 1.37 bits per heavy atom. The molecule has 1 fully saturated rings. The number of aliphatic hydroxyl groups is 1. The lowest BCUT2D eigenvalue weighted by atomic mass is 10.1. The van der Waals surface area contributed by atoms with Crippen LogP contribution in [0.25, 0.3) is 0 Å². The molecule has 7 heteroatoms. The normalized spacial score (nSPS) is 27.4. The smallest absolute Gasteiger partial charge is 0.279 e. The van der Waals surface area contributed by atoms with E-state index in [0.717, 1.165) is 12.8 Å². The molecule has 3 unspecified atom stereocenters. The van der Waals surface area contributed by atoms with Crippen molar-refractivity contribution in [2.75, 3.05) is 26.2 Å². The van der Waals surface area contributed by atoms with Gasteiger partial charge in [-0.3, -0.25) is 0 Å². The molecule has 1 saturated heterocycles. The Labute approximate surface area is 116 Å². The van der Waals surface area contributed by atoms with Crippen LogP contribution in [0.3, 0.4) is 0 Å². The second-order valence-corrected chi connectivity index (χ2v) is 7.16. The maximum atomic E-state index is 12.1. The number of nitrogens with one attached hydrogen (secondary N) is 1. The molecule has 0 aliphatic carbocycles. The van der Waals surface area contributed by atoms with Crippen LogP contribution in [-0.2, 0) is 14.9 Å². The highest BCUT2D eigenvalue weighted by Crippen LogP contribution is 2.13. The van der Waals surface area contributed by atoms with Gasteiger partial charge < -0.3 is 9.84 Å². The minimum absolute atomic E-state index is 0.0743. The van der Waals surface area contributed by atoms with Crippen molar-refractivity contribution in [2.24, 2.45) is 5.92 Å². The highest BCUT2D eigenvalue weighted by Gasteiger charge is 2.30. The topological polar surface area (TPSA) is 78.9 Å². The average Bonchev–Trinajstić information content (AvgIpc) is 2.33. The standard InChI is InChI=1S/C12H26N2O4S/c1-10(9-15)5-4-6-13-19(16,17)14-7-11(2)18-12(3)8-14/h10-13,15H,4-9H2,1-3H3. The van der Waals surface area contributed by atoms with Crippen molar-refractivity contribution in [3.8, 4) is 0 Å². The molecule has 2 N–H and O–H groups in total. The van der Waals surface area contributed by atoms with E-state index in [1.807, 2.05) is 20.8 Å². The molecule has 0 aromatic carbocycles. The summed E-state index contributed by atoms with van der Waals surface area (Å²) in [6.45, 7) is 7.04. The van der Waals surface area contributed by atoms with E-state index in [2.05, 4.69) is 4.72 Å². The molecular formula is C12H26N2O4S. The Bertz CT molecular complexity index is 351. The monoisotopic (exact) mass is 294 g/mol. The fourth-order valence-corrected chi connectivity index (χ4v) is 3.56. The molecule has 0 amide bonds. The quantitative estimate of drug-likeness (QED) is 0.664. The first-order valence-corrected chi connectivity index (χ1v) is 8.30. The van der Waals surface area contributed by atoms with Crippen molar-refractivity contribution >= 4 is 10.2 Å². The fraction of sp³-hybridized carbons (Fsp3) is 1.00. The van der Waals surface area contributed by atoms with Crippen LogP contribution in [0.4, 0.5) is 0 Å². The molecule has 6 nitrogen and oxygen atoms in total. The molecule has 114 valence electrons. The first-order chi connectivity index (χ1) is 8.85. The largest absolute Gasteiger partial charge is 0.396 e. The number of ether oxygens (including phenoxy) is 1. The van der Waals surface area contributed by atoms with Gasteiger partial charge in [-0.15, -0.1) is 0 Å². The summed E-state index contributed by atoms with van der Waals surface area (Å²) in [5, 5.41) is 8.90. The molecule has 3 atom stereocenters. The molecule has 0 saturated carbocycles. The summed E-state index contributed by atoms with van der Waals surface area (Å²) in [5.74, 6) is 0.216. The van der Waals surface area contributed by atoms with Gasteiger partial charge in [-0.05, 0) is 32.6 Å². The summed E-state index contributed by atoms with van der Waals surface area (Å²) in [5.41, 5.74) is 0. The number of morpholine rings is 1. The maximum absolute atomic E-state index is 12.1. The van der Waals surface area contributed by atoms with Crippen molar-refractivity contribution in [1.29, 1.82) is 0 Å². The van der Waals surface area contributed by atoms with Crippen molar-refractivity contribution in [3.63, 3.8) is 0 Å². The van der Waals surface area contributed by atoms with Gasteiger partial charge in [-0.25, -0.2) is 4.72 Å². The number of nitrogens with zero attached hydrogens (tertiary/aromatic N) is 1. The SMILES string of the molecule is CC(CO)CCCNS(=O)(=O)N1CC(C)OC(C)C1. The van der Waals surface area contributed by atoms with Crippen molar-refractivity contribution in [1.82, 2.24) is 9.03 Å². The average molecular weight is 294 g/mol. The molecule has 1 heterocycles. The number of hydrogen-bond acceptors (Lipinski definition) is 4. The van der Waals surface area contributed by atoms with E-state index in [0.29, 0.717) is 19.6 Å². The lowest BCUT2D eigenvalue weighted by Gasteiger charge is -2.34. The van der Waals surface area contributed by atoms with Gasteiger partial charge in [0.1, 0.15) is 0 Å². The van der Waals surface area contributed by atoms with E-state index < -0.39 is 10.2 Å². The van der Waals surface area contributed by atoms with E-state index in [1.54, 1.807) is 0 Å². The van der Waals surface area contributed by atoms with E-state index in [9.17, 15) is 8.42 Å². The predicted octanol–water partition coefficient (Wildman–Crippen LogP) is 0.339. The first-order valence-electron chi connectivity index (χ1n) is 6.86. The second-order valence-electron chi connectivity index (χ2n) is 5.40. The molecule has 1 aliphatic rings. The minimum atomic E-state index is -3.41. The van der Waals surface area contributed by atoms with Gasteiger partial charge in [0.25, 0.3) is 10.2 Å². The van der Waals surface area contributed by atoms with Crippen LogP contribution in [0.2, 0.25) is 0 Å². The van der Waals surface area contributed by atoms with Gasteiger partial charge in [0.2, 0.25) is 0 Å². The summed E-state index contributed by atoms with van der Waals surface area (Å²) in [4.78, 5) is 0. The van der Waals surface area contributed by atoms with Gasteiger partial charge in [0.15, 0.2) is 0 Å².